The van der Waals surface area contributed by atoms with E-state index in [0.717, 1.165) is 5.02 Å². The number of thioether (sulfide) groups is 1. The molecule has 76 valence electrons. The Labute approximate surface area is 94.2 Å². The molecule has 1 fully saturated rings. The lowest BCUT2D eigenvalue weighted by atomic mass is 10.1. The summed E-state index contributed by atoms with van der Waals surface area (Å²) in [6.07, 6.45) is 1.27. The van der Waals surface area contributed by atoms with Crippen LogP contribution in [0.3, 0.4) is 0 Å². The summed E-state index contributed by atoms with van der Waals surface area (Å²) in [5.41, 5.74) is 2.45. The monoisotopic (exact) mass is 227 g/mol. The van der Waals surface area contributed by atoms with Gasteiger partial charge in [0.05, 0.1) is 0 Å². The van der Waals surface area contributed by atoms with E-state index in [-0.39, 0.29) is 0 Å². The molecule has 1 N–H and O–H groups in total. The van der Waals surface area contributed by atoms with E-state index in [4.69, 9.17) is 11.6 Å². The zero-order valence-corrected chi connectivity index (χ0v) is 9.79. The summed E-state index contributed by atoms with van der Waals surface area (Å²) >= 11 is 7.92. The fourth-order valence-electron chi connectivity index (χ4n) is 1.66. The van der Waals surface area contributed by atoms with Crippen LogP contribution in [0.4, 0.5) is 5.69 Å². The van der Waals surface area contributed by atoms with Crippen molar-refractivity contribution in [3.05, 3.63) is 28.8 Å². The van der Waals surface area contributed by atoms with E-state index < -0.39 is 0 Å². The highest BCUT2D eigenvalue weighted by molar-refractivity contribution is 7.99. The lowest BCUT2D eigenvalue weighted by molar-refractivity contribution is 0.812. The molecular formula is C11H14ClNS. The number of anilines is 1. The quantitative estimate of drug-likeness (QED) is 0.829. The molecule has 1 aromatic carbocycles. The summed E-state index contributed by atoms with van der Waals surface area (Å²) in [4.78, 5) is 0. The predicted molar refractivity (Wildman–Crippen MR) is 65.5 cm³/mol. The Balaban J connectivity index is 2.08. The van der Waals surface area contributed by atoms with Crippen LogP contribution in [0.15, 0.2) is 18.2 Å². The molecule has 1 nitrogen and oxygen atoms in total. The Morgan fingerprint density at radius 3 is 3.00 bits per heavy atom. The molecule has 3 heteroatoms. The van der Waals surface area contributed by atoms with Gasteiger partial charge >= 0.3 is 0 Å². The van der Waals surface area contributed by atoms with Gasteiger partial charge in [-0.15, -0.1) is 0 Å². The fourth-order valence-corrected chi connectivity index (χ4v) is 3.04. The van der Waals surface area contributed by atoms with E-state index in [9.17, 15) is 0 Å². The molecule has 1 atom stereocenters. The molecule has 0 saturated carbocycles. The molecule has 1 aliphatic rings. The fraction of sp³-hybridized carbons (Fsp3) is 0.455. The normalized spacial score (nSPS) is 21.1. The Bertz CT molecular complexity index is 321. The molecule has 2 rings (SSSR count). The lowest BCUT2D eigenvalue weighted by Gasteiger charge is -2.15. The van der Waals surface area contributed by atoms with Crippen LogP contribution in [0.1, 0.15) is 12.0 Å². The SMILES string of the molecule is Cc1cc(Cl)ccc1N[C@@H]1CCSC1. The van der Waals surface area contributed by atoms with Gasteiger partial charge in [-0.1, -0.05) is 11.6 Å². The first-order valence-corrected chi connectivity index (χ1v) is 6.39. The van der Waals surface area contributed by atoms with Crippen LogP contribution in [0.2, 0.25) is 5.02 Å². The van der Waals surface area contributed by atoms with Crippen molar-refractivity contribution in [2.45, 2.75) is 19.4 Å². The van der Waals surface area contributed by atoms with Crippen molar-refractivity contribution in [2.75, 3.05) is 16.8 Å². The number of nitrogens with one attached hydrogen (secondary N) is 1. The molecule has 0 bridgehead atoms. The van der Waals surface area contributed by atoms with E-state index in [0.29, 0.717) is 6.04 Å². The Morgan fingerprint density at radius 1 is 1.50 bits per heavy atom. The smallest absolute Gasteiger partial charge is 0.0410 e. The minimum Gasteiger partial charge on any atom is -0.381 e. The van der Waals surface area contributed by atoms with Crippen molar-refractivity contribution < 1.29 is 0 Å². The van der Waals surface area contributed by atoms with E-state index >= 15 is 0 Å². The number of hydrogen-bond donors (Lipinski definition) is 1. The van der Waals surface area contributed by atoms with Crippen molar-refractivity contribution in [2.24, 2.45) is 0 Å². The second-order valence-electron chi connectivity index (χ2n) is 3.66. The first-order chi connectivity index (χ1) is 6.75. The average Bonchev–Trinajstić information content (AvgIpc) is 2.62. The van der Waals surface area contributed by atoms with Crippen LogP contribution in [0.25, 0.3) is 0 Å². The maximum Gasteiger partial charge on any atom is 0.0410 e. The van der Waals surface area contributed by atoms with Crippen LogP contribution in [0, 0.1) is 6.92 Å². The van der Waals surface area contributed by atoms with E-state index in [1.165, 1.54) is 29.2 Å². The van der Waals surface area contributed by atoms with Crippen LogP contribution >= 0.6 is 23.4 Å². The van der Waals surface area contributed by atoms with Gasteiger partial charge in [0.15, 0.2) is 0 Å². The second-order valence-corrected chi connectivity index (χ2v) is 5.25. The van der Waals surface area contributed by atoms with Crippen LogP contribution in [0.5, 0.6) is 0 Å². The minimum atomic E-state index is 0.639. The van der Waals surface area contributed by atoms with Gasteiger partial charge in [0.1, 0.15) is 0 Å². The van der Waals surface area contributed by atoms with Crippen molar-refractivity contribution >= 4 is 29.1 Å². The molecule has 1 aromatic rings. The first kappa shape index (κ1) is 10.2. The van der Waals surface area contributed by atoms with Gasteiger partial charge in [0.2, 0.25) is 0 Å². The molecule has 1 saturated heterocycles. The van der Waals surface area contributed by atoms with E-state index in [2.05, 4.69) is 18.3 Å². The third kappa shape index (κ3) is 2.37. The van der Waals surface area contributed by atoms with Crippen molar-refractivity contribution in [3.63, 3.8) is 0 Å². The highest BCUT2D eigenvalue weighted by Crippen LogP contribution is 2.24. The van der Waals surface area contributed by atoms with Gasteiger partial charge in [-0.3, -0.25) is 0 Å². The van der Waals surface area contributed by atoms with Crippen LogP contribution in [-0.4, -0.2) is 17.5 Å². The van der Waals surface area contributed by atoms with E-state index in [1.54, 1.807) is 0 Å². The van der Waals surface area contributed by atoms with E-state index in [1.807, 2.05) is 23.9 Å². The molecule has 14 heavy (non-hydrogen) atoms. The number of benzene rings is 1. The molecular weight excluding hydrogens is 214 g/mol. The number of hydrogen-bond acceptors (Lipinski definition) is 2. The number of aryl methyl sites for hydroxylation is 1. The molecule has 0 aliphatic carbocycles. The van der Waals surface area contributed by atoms with Crippen molar-refractivity contribution in [1.29, 1.82) is 0 Å². The third-order valence-electron chi connectivity index (χ3n) is 2.48. The topological polar surface area (TPSA) is 12.0 Å². The summed E-state index contributed by atoms with van der Waals surface area (Å²) in [5, 5.41) is 4.37. The molecule has 1 aliphatic heterocycles. The standard InChI is InChI=1S/C11H14ClNS/c1-8-6-9(12)2-3-11(8)13-10-4-5-14-7-10/h2-3,6,10,13H,4-5,7H2,1H3/t10-/m1/s1. The Morgan fingerprint density at radius 2 is 2.36 bits per heavy atom. The maximum atomic E-state index is 5.90. The van der Waals surface area contributed by atoms with Gasteiger partial charge in [-0.25, -0.2) is 0 Å². The van der Waals surface area contributed by atoms with Gasteiger partial charge in [0, 0.05) is 22.5 Å². The molecule has 1 heterocycles. The van der Waals surface area contributed by atoms with Gasteiger partial charge in [0.25, 0.3) is 0 Å². The lowest BCUT2D eigenvalue weighted by Crippen LogP contribution is -2.18. The predicted octanol–water partition coefficient (Wildman–Crippen LogP) is 3.57. The number of halogens is 1. The molecule has 0 aromatic heterocycles. The third-order valence-corrected chi connectivity index (χ3v) is 3.88. The Hall–Kier alpha value is -0.340. The van der Waals surface area contributed by atoms with Crippen molar-refractivity contribution in [1.82, 2.24) is 0 Å². The summed E-state index contributed by atoms with van der Waals surface area (Å²) in [7, 11) is 0. The second kappa shape index (κ2) is 4.45. The molecule has 0 unspecified atom stereocenters. The largest absolute Gasteiger partial charge is 0.381 e. The number of rotatable bonds is 2. The first-order valence-electron chi connectivity index (χ1n) is 4.86. The summed E-state index contributed by atoms with van der Waals surface area (Å²) in [6, 6.07) is 6.66. The molecule has 0 amide bonds. The summed E-state index contributed by atoms with van der Waals surface area (Å²) in [5.74, 6) is 2.51. The van der Waals surface area contributed by atoms with Crippen LogP contribution < -0.4 is 5.32 Å². The van der Waals surface area contributed by atoms with Crippen molar-refractivity contribution in [3.8, 4) is 0 Å². The molecule has 0 spiro atoms. The average molecular weight is 228 g/mol. The summed E-state index contributed by atoms with van der Waals surface area (Å²) < 4.78 is 0. The Kier molecular flexibility index (Phi) is 3.24. The van der Waals surface area contributed by atoms with Crippen LogP contribution in [-0.2, 0) is 0 Å². The zero-order chi connectivity index (χ0) is 9.97. The van der Waals surface area contributed by atoms with Gasteiger partial charge in [-0.05, 0) is 42.9 Å². The maximum absolute atomic E-state index is 5.90. The molecule has 0 radical (unpaired) electrons. The van der Waals surface area contributed by atoms with Gasteiger partial charge in [-0.2, -0.15) is 11.8 Å². The highest BCUT2D eigenvalue weighted by Gasteiger charge is 2.15. The van der Waals surface area contributed by atoms with Gasteiger partial charge < -0.3 is 5.32 Å². The minimum absolute atomic E-state index is 0.639. The zero-order valence-electron chi connectivity index (χ0n) is 8.22. The highest BCUT2D eigenvalue weighted by atomic mass is 35.5. The summed E-state index contributed by atoms with van der Waals surface area (Å²) in [6.45, 7) is 2.09.